The first-order chi connectivity index (χ1) is 18.1. The summed E-state index contributed by atoms with van der Waals surface area (Å²) in [5.41, 5.74) is -1.25. The van der Waals surface area contributed by atoms with E-state index >= 15 is 0 Å². The van der Waals surface area contributed by atoms with Gasteiger partial charge in [0, 0.05) is 35.6 Å². The number of carbonyl (C=O) groups excluding carboxylic acids is 1. The van der Waals surface area contributed by atoms with Gasteiger partial charge >= 0.3 is 6.18 Å². The van der Waals surface area contributed by atoms with E-state index in [-0.39, 0.29) is 37.2 Å². The molecular weight excluding hydrogens is 538 g/mol. The lowest BCUT2D eigenvalue weighted by Gasteiger charge is -2.39. The molecule has 10 heteroatoms. The van der Waals surface area contributed by atoms with Crippen molar-refractivity contribution >= 4 is 29.1 Å². The number of aliphatic hydroxyl groups is 1. The summed E-state index contributed by atoms with van der Waals surface area (Å²) in [6.45, 7) is 0.132. The van der Waals surface area contributed by atoms with Crippen molar-refractivity contribution in [2.24, 2.45) is 0 Å². The van der Waals surface area contributed by atoms with Crippen LogP contribution in [0.2, 0.25) is 10.0 Å². The zero-order valence-electron chi connectivity index (χ0n) is 19.9. The fourth-order valence-corrected chi connectivity index (χ4v) is 5.11. The Hall–Kier alpha value is -3.33. The van der Waals surface area contributed by atoms with Crippen LogP contribution in [-0.2, 0) is 11.8 Å². The number of halogens is 5. The molecule has 196 valence electrons. The third kappa shape index (κ3) is 5.04. The van der Waals surface area contributed by atoms with Gasteiger partial charge in [0.25, 0.3) is 5.91 Å². The van der Waals surface area contributed by atoms with Crippen molar-refractivity contribution in [2.45, 2.75) is 24.6 Å². The van der Waals surface area contributed by atoms with E-state index in [1.807, 2.05) is 6.07 Å². The second kappa shape index (κ2) is 10.1. The molecule has 1 amide bonds. The molecule has 0 aliphatic carbocycles. The van der Waals surface area contributed by atoms with Crippen molar-refractivity contribution in [1.82, 2.24) is 14.5 Å². The van der Waals surface area contributed by atoms with Gasteiger partial charge in [-0.3, -0.25) is 9.36 Å². The van der Waals surface area contributed by atoms with Crippen LogP contribution in [0.3, 0.4) is 0 Å². The highest BCUT2D eigenvalue weighted by Crippen LogP contribution is 2.41. The Morgan fingerprint density at radius 1 is 0.921 bits per heavy atom. The summed E-state index contributed by atoms with van der Waals surface area (Å²) >= 11 is 12.5. The zero-order valence-corrected chi connectivity index (χ0v) is 21.4. The highest BCUT2D eigenvalue weighted by molar-refractivity contribution is 6.33. The molecule has 3 aromatic carbocycles. The predicted octanol–water partition coefficient (Wildman–Crippen LogP) is 6.99. The summed E-state index contributed by atoms with van der Waals surface area (Å²) in [7, 11) is 0. The van der Waals surface area contributed by atoms with Crippen LogP contribution in [0.4, 0.5) is 13.2 Å². The van der Waals surface area contributed by atoms with Crippen molar-refractivity contribution in [3.8, 4) is 17.1 Å². The lowest BCUT2D eigenvalue weighted by Crippen LogP contribution is -2.46. The third-order valence-electron chi connectivity index (χ3n) is 6.76. The quantitative estimate of drug-likeness (QED) is 0.293. The van der Waals surface area contributed by atoms with Crippen molar-refractivity contribution in [1.29, 1.82) is 0 Å². The first-order valence-electron chi connectivity index (χ1n) is 11.9. The van der Waals surface area contributed by atoms with Crippen LogP contribution in [-0.4, -0.2) is 38.6 Å². The Bertz CT molecular complexity index is 1480. The number of nitrogens with zero attached hydrogens (tertiary/aromatic N) is 3. The molecule has 0 spiro atoms. The summed E-state index contributed by atoms with van der Waals surface area (Å²) < 4.78 is 42.4. The number of rotatable bonds is 4. The van der Waals surface area contributed by atoms with Crippen LogP contribution in [0, 0.1) is 0 Å². The van der Waals surface area contributed by atoms with Crippen molar-refractivity contribution in [3.05, 3.63) is 106 Å². The first kappa shape index (κ1) is 26.3. The second-order valence-corrected chi connectivity index (χ2v) is 9.99. The molecule has 1 N–H and O–H groups in total. The molecule has 0 radical (unpaired) electrons. The monoisotopic (exact) mass is 559 g/mol. The molecule has 5 nitrogen and oxygen atoms in total. The van der Waals surface area contributed by atoms with Crippen LogP contribution < -0.4 is 0 Å². The van der Waals surface area contributed by atoms with Gasteiger partial charge in [-0.2, -0.15) is 13.2 Å². The minimum Gasteiger partial charge on any atom is -0.385 e. The average Bonchev–Trinajstić information content (AvgIpc) is 3.34. The number of hydrogen-bond donors (Lipinski definition) is 1. The van der Waals surface area contributed by atoms with Crippen molar-refractivity contribution < 1.29 is 23.1 Å². The van der Waals surface area contributed by atoms with E-state index in [0.29, 0.717) is 27.1 Å². The van der Waals surface area contributed by atoms with E-state index in [0.717, 1.165) is 6.07 Å². The molecule has 5 rings (SSSR count). The van der Waals surface area contributed by atoms with Gasteiger partial charge in [0.05, 0.1) is 16.2 Å². The van der Waals surface area contributed by atoms with Crippen LogP contribution >= 0.6 is 23.2 Å². The van der Waals surface area contributed by atoms with E-state index < -0.39 is 23.2 Å². The maximum absolute atomic E-state index is 13.6. The number of piperidine rings is 1. The fourth-order valence-electron chi connectivity index (χ4n) is 4.76. The normalized spacial score (nSPS) is 15.5. The molecule has 1 fully saturated rings. The number of likely N-dealkylation sites (tertiary alicyclic amines) is 1. The molecule has 1 aromatic heterocycles. The van der Waals surface area contributed by atoms with Gasteiger partial charge in [-0.15, -0.1) is 0 Å². The van der Waals surface area contributed by atoms with Crippen LogP contribution in [0.5, 0.6) is 0 Å². The smallest absolute Gasteiger partial charge is 0.385 e. The van der Waals surface area contributed by atoms with Crippen LogP contribution in [0.15, 0.2) is 79.0 Å². The van der Waals surface area contributed by atoms with E-state index in [4.69, 9.17) is 23.2 Å². The summed E-state index contributed by atoms with van der Waals surface area (Å²) in [6, 6.07) is 19.2. The summed E-state index contributed by atoms with van der Waals surface area (Å²) in [5, 5.41) is 12.2. The number of amides is 1. The molecule has 0 atom stereocenters. The number of alkyl halides is 3. The minimum absolute atomic E-state index is 0.0406. The summed E-state index contributed by atoms with van der Waals surface area (Å²) in [6.07, 6.45) is -3.07. The van der Waals surface area contributed by atoms with Crippen molar-refractivity contribution in [2.75, 3.05) is 13.1 Å². The van der Waals surface area contributed by atoms with Gasteiger partial charge in [-0.1, -0.05) is 53.5 Å². The van der Waals surface area contributed by atoms with Crippen LogP contribution in [0.25, 0.3) is 17.1 Å². The topological polar surface area (TPSA) is 58.4 Å². The molecule has 4 aromatic rings. The molecule has 38 heavy (non-hydrogen) atoms. The van der Waals surface area contributed by atoms with Gasteiger partial charge in [0.2, 0.25) is 0 Å². The van der Waals surface area contributed by atoms with Gasteiger partial charge < -0.3 is 10.0 Å². The number of hydrogen-bond acceptors (Lipinski definition) is 3. The van der Waals surface area contributed by atoms with Crippen molar-refractivity contribution in [3.63, 3.8) is 0 Å². The SMILES string of the molecule is O=C(c1cn(-c2ccc(Cl)cc2)c(-c2ccccc2Cl)n1)N1CCC(O)(c2ccccc2C(F)(F)F)CC1. The zero-order chi connectivity index (χ0) is 27.1. The van der Waals surface area contributed by atoms with Gasteiger partial charge in [0.1, 0.15) is 11.5 Å². The largest absolute Gasteiger partial charge is 0.416 e. The first-order valence-corrected chi connectivity index (χ1v) is 12.6. The van der Waals surface area contributed by atoms with E-state index in [1.165, 1.54) is 23.1 Å². The lowest BCUT2D eigenvalue weighted by atomic mass is 9.81. The predicted molar refractivity (Wildman–Crippen MR) is 139 cm³/mol. The second-order valence-electron chi connectivity index (χ2n) is 9.14. The maximum atomic E-state index is 13.6. The van der Waals surface area contributed by atoms with E-state index in [9.17, 15) is 23.1 Å². The minimum atomic E-state index is -4.59. The molecule has 0 unspecified atom stereocenters. The van der Waals surface area contributed by atoms with E-state index in [1.54, 1.807) is 53.2 Å². The summed E-state index contributed by atoms with van der Waals surface area (Å²) in [5.74, 6) is 0.0612. The van der Waals surface area contributed by atoms with Gasteiger partial charge in [-0.05, 0) is 60.9 Å². The van der Waals surface area contributed by atoms with E-state index in [2.05, 4.69) is 4.98 Å². The molecule has 0 saturated carbocycles. The number of imidazole rings is 1. The molecule has 0 bridgehead atoms. The molecule has 1 aliphatic rings. The Morgan fingerprint density at radius 3 is 2.21 bits per heavy atom. The highest BCUT2D eigenvalue weighted by atomic mass is 35.5. The van der Waals surface area contributed by atoms with Gasteiger partial charge in [0.15, 0.2) is 0 Å². The average molecular weight is 560 g/mol. The molecule has 1 aliphatic heterocycles. The maximum Gasteiger partial charge on any atom is 0.416 e. The third-order valence-corrected chi connectivity index (χ3v) is 7.34. The molecule has 2 heterocycles. The Labute approximate surface area is 227 Å². The summed E-state index contributed by atoms with van der Waals surface area (Å²) in [4.78, 5) is 19.6. The standard InChI is InChI=1S/C28H22Cl2F3N3O2/c29-18-9-11-19(12-10-18)36-17-24(34-25(36)20-5-1-4-8-23(20)30)26(37)35-15-13-27(38,14-16-35)21-6-2-3-7-22(21)28(31,32)33/h1-12,17,38H,13-16H2. The molecule has 1 saturated heterocycles. The number of carbonyl (C=O) groups is 1. The fraction of sp³-hybridized carbons (Fsp3) is 0.214. The number of aromatic nitrogens is 2. The Balaban J connectivity index is 1.44. The number of benzene rings is 3. The van der Waals surface area contributed by atoms with Crippen LogP contribution in [0.1, 0.15) is 34.5 Å². The van der Waals surface area contributed by atoms with Gasteiger partial charge in [-0.25, -0.2) is 4.98 Å². The lowest BCUT2D eigenvalue weighted by molar-refractivity contribution is -0.141. The Morgan fingerprint density at radius 2 is 1.55 bits per heavy atom. The Kier molecular flexibility index (Phi) is 6.98. The highest BCUT2D eigenvalue weighted by Gasteiger charge is 2.43. The molecular formula is C28H22Cl2F3N3O2.